The highest BCUT2D eigenvalue weighted by Crippen LogP contribution is 2.10. The van der Waals surface area contributed by atoms with Crippen molar-refractivity contribution in [1.82, 2.24) is 0 Å². The predicted octanol–water partition coefficient (Wildman–Crippen LogP) is 2.48. The molecule has 1 atom stereocenters. The van der Waals surface area contributed by atoms with Gasteiger partial charge in [-0.1, -0.05) is 25.5 Å². The lowest BCUT2D eigenvalue weighted by molar-refractivity contribution is -0.168. The van der Waals surface area contributed by atoms with Gasteiger partial charge in [0.2, 0.25) is 0 Å². The Balaban J connectivity index is 2.46. The molecule has 0 fully saturated rings. The van der Waals surface area contributed by atoms with Crippen LogP contribution in [0, 0.1) is 0 Å². The Morgan fingerprint density at radius 2 is 1.86 bits per heavy atom. The van der Waals surface area contributed by atoms with Gasteiger partial charge >= 0.3 is 11.9 Å². The molecule has 0 saturated heterocycles. The van der Waals surface area contributed by atoms with Gasteiger partial charge in [-0.15, -0.1) is 0 Å². The van der Waals surface area contributed by atoms with Crippen LogP contribution >= 0.6 is 0 Å². The number of hydrogen-bond acceptors (Lipinski definition) is 5. The van der Waals surface area contributed by atoms with Crippen molar-refractivity contribution >= 4 is 17.6 Å². The number of esters is 2. The number of hydrogen-bond donors (Lipinski definition) is 1. The molecule has 1 unspecified atom stereocenters. The van der Waals surface area contributed by atoms with Crippen molar-refractivity contribution in [3.63, 3.8) is 0 Å². The first-order valence-electron chi connectivity index (χ1n) is 7.27. The van der Waals surface area contributed by atoms with Crippen LogP contribution in [-0.4, -0.2) is 24.6 Å². The van der Waals surface area contributed by atoms with Gasteiger partial charge in [-0.05, 0) is 37.5 Å². The van der Waals surface area contributed by atoms with Gasteiger partial charge < -0.3 is 15.2 Å². The zero-order valence-electron chi connectivity index (χ0n) is 12.6. The van der Waals surface area contributed by atoms with E-state index in [2.05, 4.69) is 0 Å². The van der Waals surface area contributed by atoms with Gasteiger partial charge in [-0.3, -0.25) is 4.79 Å². The van der Waals surface area contributed by atoms with Gasteiger partial charge in [-0.25, -0.2) is 4.79 Å². The van der Waals surface area contributed by atoms with Gasteiger partial charge in [0.05, 0.1) is 6.61 Å². The average molecular weight is 293 g/mol. The fourth-order valence-electron chi connectivity index (χ4n) is 1.87. The van der Waals surface area contributed by atoms with E-state index in [1.165, 1.54) is 0 Å². The molecule has 5 heteroatoms. The van der Waals surface area contributed by atoms with Crippen molar-refractivity contribution in [1.29, 1.82) is 0 Å². The van der Waals surface area contributed by atoms with Crippen LogP contribution in [0.2, 0.25) is 0 Å². The third kappa shape index (κ3) is 6.29. The van der Waals surface area contributed by atoms with Crippen LogP contribution in [0.3, 0.4) is 0 Å². The summed E-state index contributed by atoms with van der Waals surface area (Å²) < 4.78 is 10.1. The number of rotatable bonds is 8. The van der Waals surface area contributed by atoms with Crippen molar-refractivity contribution in [2.75, 3.05) is 12.3 Å². The van der Waals surface area contributed by atoms with Gasteiger partial charge in [0.1, 0.15) is 0 Å². The quantitative estimate of drug-likeness (QED) is 0.588. The molecular weight excluding hydrogens is 270 g/mol. The predicted molar refractivity (Wildman–Crippen MR) is 80.6 cm³/mol. The lowest BCUT2D eigenvalue weighted by Gasteiger charge is -2.15. The molecule has 116 valence electrons. The number of carbonyl (C=O) groups is 2. The first-order valence-corrected chi connectivity index (χ1v) is 7.27. The van der Waals surface area contributed by atoms with Gasteiger partial charge in [0.25, 0.3) is 0 Å². The van der Waals surface area contributed by atoms with E-state index >= 15 is 0 Å². The molecule has 1 aromatic rings. The molecule has 0 spiro atoms. The number of ether oxygens (including phenoxy) is 2. The second-order valence-electron chi connectivity index (χ2n) is 4.76. The Labute approximate surface area is 125 Å². The summed E-state index contributed by atoms with van der Waals surface area (Å²) in [4.78, 5) is 23.5. The standard InChI is InChI=1S/C16H23NO4/c1-3-5-14(16(19)20-4-2)21-15(18)11-8-12-6-9-13(17)10-7-12/h6-7,9-10,14H,3-5,8,11,17H2,1-2H3. The van der Waals surface area contributed by atoms with E-state index in [1.54, 1.807) is 19.1 Å². The molecule has 0 bridgehead atoms. The van der Waals surface area contributed by atoms with Crippen molar-refractivity contribution in [3.8, 4) is 0 Å². The highest BCUT2D eigenvalue weighted by molar-refractivity contribution is 5.79. The van der Waals surface area contributed by atoms with E-state index in [4.69, 9.17) is 15.2 Å². The largest absolute Gasteiger partial charge is 0.463 e. The summed E-state index contributed by atoms with van der Waals surface area (Å²) in [6.45, 7) is 3.93. The first-order chi connectivity index (χ1) is 10.1. The molecule has 0 saturated carbocycles. The van der Waals surface area contributed by atoms with E-state index in [-0.39, 0.29) is 13.0 Å². The molecule has 0 aliphatic heterocycles. The van der Waals surface area contributed by atoms with Crippen molar-refractivity contribution in [2.24, 2.45) is 0 Å². The third-order valence-corrected chi connectivity index (χ3v) is 2.97. The second-order valence-corrected chi connectivity index (χ2v) is 4.76. The maximum atomic E-state index is 11.8. The minimum atomic E-state index is -0.797. The fourth-order valence-corrected chi connectivity index (χ4v) is 1.87. The third-order valence-electron chi connectivity index (χ3n) is 2.97. The molecule has 0 aromatic heterocycles. The molecule has 2 N–H and O–H groups in total. The Bertz CT molecular complexity index is 456. The number of nitrogen functional groups attached to an aromatic ring is 1. The Hall–Kier alpha value is -2.04. The SMILES string of the molecule is CCCC(OC(=O)CCc1ccc(N)cc1)C(=O)OCC. The number of carbonyl (C=O) groups excluding carboxylic acids is 2. The van der Waals surface area contributed by atoms with Gasteiger partial charge in [0, 0.05) is 12.1 Å². The van der Waals surface area contributed by atoms with Crippen molar-refractivity contribution in [2.45, 2.75) is 45.6 Å². The molecule has 5 nitrogen and oxygen atoms in total. The number of benzene rings is 1. The maximum Gasteiger partial charge on any atom is 0.347 e. The monoisotopic (exact) mass is 293 g/mol. The summed E-state index contributed by atoms with van der Waals surface area (Å²) in [6, 6.07) is 7.33. The van der Waals surface area contributed by atoms with Crippen molar-refractivity contribution in [3.05, 3.63) is 29.8 Å². The summed E-state index contributed by atoms with van der Waals surface area (Å²) >= 11 is 0. The van der Waals surface area contributed by atoms with E-state index in [9.17, 15) is 9.59 Å². The van der Waals surface area contributed by atoms with E-state index < -0.39 is 18.0 Å². The first kappa shape index (κ1) is 17.0. The van der Waals surface area contributed by atoms with Gasteiger partial charge in [-0.2, -0.15) is 0 Å². The summed E-state index contributed by atoms with van der Waals surface area (Å²) in [7, 11) is 0. The van der Waals surface area contributed by atoms with E-state index in [0.717, 1.165) is 12.0 Å². The summed E-state index contributed by atoms with van der Waals surface area (Å²) in [5, 5.41) is 0. The van der Waals surface area contributed by atoms with Crippen LogP contribution in [0.15, 0.2) is 24.3 Å². The molecule has 0 heterocycles. The van der Waals surface area contributed by atoms with Crippen LogP contribution in [0.5, 0.6) is 0 Å². The van der Waals surface area contributed by atoms with Crippen LogP contribution < -0.4 is 5.73 Å². The van der Waals surface area contributed by atoms with Crippen LogP contribution in [0.1, 0.15) is 38.7 Å². The Morgan fingerprint density at radius 1 is 1.19 bits per heavy atom. The smallest absolute Gasteiger partial charge is 0.347 e. The van der Waals surface area contributed by atoms with Crippen LogP contribution in [-0.2, 0) is 25.5 Å². The minimum absolute atomic E-state index is 0.226. The molecule has 0 radical (unpaired) electrons. The summed E-state index contributed by atoms with van der Waals surface area (Å²) in [5.74, 6) is -0.862. The van der Waals surface area contributed by atoms with E-state index in [0.29, 0.717) is 18.5 Å². The summed E-state index contributed by atoms with van der Waals surface area (Å²) in [5.41, 5.74) is 7.29. The molecule has 0 aliphatic carbocycles. The van der Waals surface area contributed by atoms with Crippen LogP contribution in [0.4, 0.5) is 5.69 Å². The molecule has 21 heavy (non-hydrogen) atoms. The highest BCUT2D eigenvalue weighted by atomic mass is 16.6. The Kier molecular flexibility index (Phi) is 7.29. The maximum absolute atomic E-state index is 11.8. The summed E-state index contributed by atoms with van der Waals surface area (Å²) in [6.07, 6.45) is 1.21. The number of anilines is 1. The van der Waals surface area contributed by atoms with Gasteiger partial charge in [0.15, 0.2) is 6.10 Å². The van der Waals surface area contributed by atoms with Crippen molar-refractivity contribution < 1.29 is 19.1 Å². The normalized spacial score (nSPS) is 11.7. The Morgan fingerprint density at radius 3 is 2.43 bits per heavy atom. The zero-order chi connectivity index (χ0) is 15.7. The lowest BCUT2D eigenvalue weighted by atomic mass is 10.1. The lowest BCUT2D eigenvalue weighted by Crippen LogP contribution is -2.29. The zero-order valence-corrected chi connectivity index (χ0v) is 12.6. The second kappa shape index (κ2) is 9.00. The topological polar surface area (TPSA) is 78.6 Å². The molecule has 0 aliphatic rings. The molecule has 1 aromatic carbocycles. The average Bonchev–Trinajstić information content (AvgIpc) is 2.46. The molecule has 1 rings (SSSR count). The molecule has 0 amide bonds. The number of aryl methyl sites for hydroxylation is 1. The minimum Gasteiger partial charge on any atom is -0.463 e. The van der Waals surface area contributed by atoms with Crippen LogP contribution in [0.25, 0.3) is 0 Å². The highest BCUT2D eigenvalue weighted by Gasteiger charge is 2.23. The fraction of sp³-hybridized carbons (Fsp3) is 0.500. The number of nitrogens with two attached hydrogens (primary N) is 1. The van der Waals surface area contributed by atoms with E-state index in [1.807, 2.05) is 19.1 Å². The molecular formula is C16H23NO4.